The summed E-state index contributed by atoms with van der Waals surface area (Å²) in [5.74, 6) is 1.04. The van der Waals surface area contributed by atoms with Crippen molar-refractivity contribution in [3.63, 3.8) is 0 Å². The van der Waals surface area contributed by atoms with E-state index in [0.29, 0.717) is 6.04 Å². The van der Waals surface area contributed by atoms with Crippen LogP contribution < -0.4 is 5.32 Å². The van der Waals surface area contributed by atoms with Crippen LogP contribution in [0.3, 0.4) is 0 Å². The highest BCUT2D eigenvalue weighted by Gasteiger charge is 2.11. The highest BCUT2D eigenvalue weighted by molar-refractivity contribution is 5.19. The van der Waals surface area contributed by atoms with Gasteiger partial charge >= 0.3 is 0 Å². The van der Waals surface area contributed by atoms with Crippen molar-refractivity contribution in [1.29, 1.82) is 0 Å². The predicted octanol–water partition coefficient (Wildman–Crippen LogP) is 2.49. The van der Waals surface area contributed by atoms with E-state index in [1.54, 1.807) is 6.33 Å². The van der Waals surface area contributed by atoms with Crippen LogP contribution in [0.4, 0.5) is 0 Å². The lowest BCUT2D eigenvalue weighted by Gasteiger charge is -2.18. The first kappa shape index (κ1) is 13.7. The minimum absolute atomic E-state index is 0.387. The Morgan fingerprint density at radius 1 is 1.26 bits per heavy atom. The molecule has 19 heavy (non-hydrogen) atoms. The molecule has 4 heteroatoms. The van der Waals surface area contributed by atoms with Gasteiger partial charge in [-0.2, -0.15) is 5.10 Å². The second-order valence-electron chi connectivity index (χ2n) is 4.76. The van der Waals surface area contributed by atoms with Gasteiger partial charge in [0.25, 0.3) is 0 Å². The first-order chi connectivity index (χ1) is 9.31. The molecule has 0 aliphatic carbocycles. The number of rotatable bonds is 7. The van der Waals surface area contributed by atoms with Crippen LogP contribution in [0, 0.1) is 0 Å². The Balaban J connectivity index is 2.00. The third-order valence-corrected chi connectivity index (χ3v) is 3.30. The van der Waals surface area contributed by atoms with Crippen LogP contribution in [0.15, 0.2) is 36.7 Å². The van der Waals surface area contributed by atoms with E-state index in [4.69, 9.17) is 0 Å². The molecule has 0 spiro atoms. The lowest BCUT2D eigenvalue weighted by atomic mass is 10.0. The van der Waals surface area contributed by atoms with E-state index in [1.165, 1.54) is 5.56 Å². The molecule has 0 fully saturated rings. The van der Waals surface area contributed by atoms with Crippen molar-refractivity contribution in [3.05, 3.63) is 48.0 Å². The van der Waals surface area contributed by atoms with Crippen molar-refractivity contribution in [2.75, 3.05) is 6.54 Å². The molecule has 0 aliphatic heterocycles. The van der Waals surface area contributed by atoms with Gasteiger partial charge in [0.15, 0.2) is 0 Å². The van der Waals surface area contributed by atoms with Gasteiger partial charge in [-0.05, 0) is 24.9 Å². The Labute approximate surface area is 114 Å². The summed E-state index contributed by atoms with van der Waals surface area (Å²) in [6.07, 6.45) is 4.74. The maximum absolute atomic E-state index is 4.29. The number of aromatic nitrogens is 3. The molecule has 102 valence electrons. The molecular formula is C15H22N4. The zero-order valence-corrected chi connectivity index (χ0v) is 11.7. The lowest BCUT2D eigenvalue weighted by Crippen LogP contribution is -2.23. The van der Waals surface area contributed by atoms with E-state index in [2.05, 4.69) is 52.7 Å². The fourth-order valence-electron chi connectivity index (χ4n) is 2.21. The lowest BCUT2D eigenvalue weighted by molar-refractivity contribution is 0.489. The smallest absolute Gasteiger partial charge is 0.138 e. The molecule has 1 atom stereocenters. The van der Waals surface area contributed by atoms with Crippen molar-refractivity contribution in [2.24, 2.45) is 7.05 Å². The van der Waals surface area contributed by atoms with Gasteiger partial charge in [-0.3, -0.25) is 4.68 Å². The van der Waals surface area contributed by atoms with Crippen LogP contribution in [0.5, 0.6) is 0 Å². The number of nitrogens with one attached hydrogen (secondary N) is 1. The van der Waals surface area contributed by atoms with Crippen molar-refractivity contribution < 1.29 is 0 Å². The maximum atomic E-state index is 4.29. The number of hydrogen-bond donors (Lipinski definition) is 1. The second kappa shape index (κ2) is 7.04. The van der Waals surface area contributed by atoms with Gasteiger partial charge in [0.1, 0.15) is 12.2 Å². The van der Waals surface area contributed by atoms with Crippen LogP contribution in [0.1, 0.15) is 37.2 Å². The van der Waals surface area contributed by atoms with Gasteiger partial charge < -0.3 is 5.32 Å². The van der Waals surface area contributed by atoms with Crippen LogP contribution in [-0.2, 0) is 13.5 Å². The Morgan fingerprint density at radius 3 is 2.68 bits per heavy atom. The molecule has 1 aromatic heterocycles. The maximum Gasteiger partial charge on any atom is 0.138 e. The third kappa shape index (κ3) is 3.89. The van der Waals surface area contributed by atoms with E-state index < -0.39 is 0 Å². The summed E-state index contributed by atoms with van der Waals surface area (Å²) in [5, 5.41) is 7.72. The monoisotopic (exact) mass is 258 g/mol. The van der Waals surface area contributed by atoms with Gasteiger partial charge in [-0.1, -0.05) is 37.3 Å². The summed E-state index contributed by atoms with van der Waals surface area (Å²) in [6.45, 7) is 3.23. The number of nitrogens with zero attached hydrogens (tertiary/aromatic N) is 3. The predicted molar refractivity (Wildman–Crippen MR) is 76.8 cm³/mol. The summed E-state index contributed by atoms with van der Waals surface area (Å²) in [6, 6.07) is 11.0. The molecule has 0 radical (unpaired) electrons. The van der Waals surface area contributed by atoms with Crippen LogP contribution >= 0.6 is 0 Å². The zero-order valence-electron chi connectivity index (χ0n) is 11.7. The second-order valence-corrected chi connectivity index (χ2v) is 4.76. The molecule has 4 nitrogen and oxygen atoms in total. The van der Waals surface area contributed by atoms with Crippen LogP contribution in [-0.4, -0.2) is 21.3 Å². The molecule has 1 heterocycles. The van der Waals surface area contributed by atoms with Gasteiger partial charge in [-0.25, -0.2) is 4.98 Å². The van der Waals surface area contributed by atoms with Crippen molar-refractivity contribution in [2.45, 2.75) is 32.2 Å². The number of benzene rings is 1. The molecule has 0 aliphatic rings. The molecule has 1 aromatic carbocycles. The van der Waals surface area contributed by atoms with Crippen LogP contribution in [0.2, 0.25) is 0 Å². The topological polar surface area (TPSA) is 42.7 Å². The Bertz CT molecular complexity index is 478. The highest BCUT2D eigenvalue weighted by Crippen LogP contribution is 2.18. The zero-order chi connectivity index (χ0) is 13.5. The summed E-state index contributed by atoms with van der Waals surface area (Å²) < 4.78 is 1.85. The van der Waals surface area contributed by atoms with Gasteiger partial charge in [0.05, 0.1) is 0 Å². The summed E-state index contributed by atoms with van der Waals surface area (Å²) >= 11 is 0. The first-order valence-corrected chi connectivity index (χ1v) is 6.92. The average molecular weight is 258 g/mol. The van der Waals surface area contributed by atoms with Crippen molar-refractivity contribution >= 4 is 0 Å². The SMILES string of the molecule is CCCNC(CCc1ncnn1C)c1ccccc1. The summed E-state index contributed by atoms with van der Waals surface area (Å²) in [5.41, 5.74) is 1.35. The molecule has 1 N–H and O–H groups in total. The normalized spacial score (nSPS) is 12.5. The Kier molecular flexibility index (Phi) is 5.10. The molecule has 0 bridgehead atoms. The van der Waals surface area contributed by atoms with E-state index >= 15 is 0 Å². The van der Waals surface area contributed by atoms with Gasteiger partial charge in [0.2, 0.25) is 0 Å². The largest absolute Gasteiger partial charge is 0.310 e. The molecule has 2 aromatic rings. The van der Waals surface area contributed by atoms with Gasteiger partial charge in [0, 0.05) is 19.5 Å². The number of hydrogen-bond acceptors (Lipinski definition) is 3. The summed E-state index contributed by atoms with van der Waals surface area (Å²) in [4.78, 5) is 4.29. The Morgan fingerprint density at radius 2 is 2.05 bits per heavy atom. The minimum Gasteiger partial charge on any atom is -0.310 e. The quantitative estimate of drug-likeness (QED) is 0.829. The molecule has 1 unspecified atom stereocenters. The highest BCUT2D eigenvalue weighted by atomic mass is 15.3. The van der Waals surface area contributed by atoms with E-state index in [9.17, 15) is 0 Å². The first-order valence-electron chi connectivity index (χ1n) is 6.92. The third-order valence-electron chi connectivity index (χ3n) is 3.30. The van der Waals surface area contributed by atoms with Gasteiger partial charge in [-0.15, -0.1) is 0 Å². The number of aryl methyl sites for hydroxylation is 2. The van der Waals surface area contributed by atoms with Crippen LogP contribution in [0.25, 0.3) is 0 Å². The fraction of sp³-hybridized carbons (Fsp3) is 0.467. The Hall–Kier alpha value is -1.68. The average Bonchev–Trinajstić information content (AvgIpc) is 2.85. The standard InChI is InChI=1S/C15H22N4/c1-3-11-16-14(13-7-5-4-6-8-13)9-10-15-17-12-18-19(15)2/h4-8,12,14,16H,3,9-11H2,1-2H3. The summed E-state index contributed by atoms with van der Waals surface area (Å²) in [7, 11) is 1.94. The minimum atomic E-state index is 0.387. The molecule has 0 amide bonds. The molecule has 0 saturated carbocycles. The molecular weight excluding hydrogens is 236 g/mol. The molecule has 2 rings (SSSR count). The molecule has 0 saturated heterocycles. The van der Waals surface area contributed by atoms with Crippen molar-refractivity contribution in [1.82, 2.24) is 20.1 Å². The van der Waals surface area contributed by atoms with E-state index in [0.717, 1.165) is 31.6 Å². The van der Waals surface area contributed by atoms with E-state index in [-0.39, 0.29) is 0 Å². The fourth-order valence-corrected chi connectivity index (χ4v) is 2.21. The van der Waals surface area contributed by atoms with Crippen molar-refractivity contribution in [3.8, 4) is 0 Å². The van der Waals surface area contributed by atoms with E-state index in [1.807, 2.05) is 11.7 Å².